The average molecular weight is 347 g/mol. The Kier molecular flexibility index (Phi) is 5.81. The monoisotopic (exact) mass is 347 g/mol. The summed E-state index contributed by atoms with van der Waals surface area (Å²) in [5, 5.41) is 10.1. The summed E-state index contributed by atoms with van der Waals surface area (Å²) in [6.07, 6.45) is 4.85. The lowest BCUT2D eigenvalue weighted by Crippen LogP contribution is -2.39. The Hall–Kier alpha value is -1.50. The lowest BCUT2D eigenvalue weighted by atomic mass is 10.00. The van der Waals surface area contributed by atoms with Crippen molar-refractivity contribution in [1.82, 2.24) is 15.4 Å². The first-order valence-electron chi connectivity index (χ1n) is 8.77. The first-order valence-corrected chi connectivity index (χ1v) is 9.59. The molecule has 1 aromatic carbocycles. The van der Waals surface area contributed by atoms with Crippen LogP contribution in [-0.2, 0) is 4.79 Å². The van der Waals surface area contributed by atoms with Gasteiger partial charge in [-0.3, -0.25) is 4.79 Å². The van der Waals surface area contributed by atoms with Crippen molar-refractivity contribution in [2.24, 2.45) is 5.92 Å². The highest BCUT2D eigenvalue weighted by Crippen LogP contribution is 2.37. The smallest absolute Gasteiger partial charge is 0.227 e. The third-order valence-corrected chi connectivity index (χ3v) is 5.86. The molecular formula is C18H25N3O2S. The van der Waals surface area contributed by atoms with E-state index in [9.17, 15) is 4.79 Å². The predicted octanol–water partition coefficient (Wildman–Crippen LogP) is 3.75. The molecule has 0 unspecified atom stereocenters. The predicted molar refractivity (Wildman–Crippen MR) is 96.1 cm³/mol. The second-order valence-corrected chi connectivity index (χ2v) is 7.47. The standard InChI is InChI=1S/C18H25N3O2S/c1-2-3-7-13(12-19-23)18(22)21-11-6-9-15(21)17-20-14-8-4-5-10-16(14)24-17/h4-5,8,10,13,15,19,23H,2-3,6-7,9,11-12H2,1H3/t13-,15+/m1/s1. The van der Waals surface area contributed by atoms with Gasteiger partial charge >= 0.3 is 0 Å². The minimum Gasteiger partial charge on any atom is -0.333 e. The van der Waals surface area contributed by atoms with Gasteiger partial charge in [-0.05, 0) is 31.4 Å². The molecule has 6 heteroatoms. The molecule has 0 spiro atoms. The molecule has 2 aromatic rings. The van der Waals surface area contributed by atoms with Crippen molar-refractivity contribution in [3.05, 3.63) is 29.3 Å². The molecular weight excluding hydrogens is 322 g/mol. The number of nitrogens with zero attached hydrogens (tertiary/aromatic N) is 2. The zero-order valence-corrected chi connectivity index (χ0v) is 14.9. The van der Waals surface area contributed by atoms with Gasteiger partial charge in [0, 0.05) is 13.1 Å². The van der Waals surface area contributed by atoms with E-state index in [0.717, 1.165) is 49.2 Å². The number of fused-ring (bicyclic) bond motifs is 1. The van der Waals surface area contributed by atoms with Crippen LogP contribution in [0.25, 0.3) is 10.2 Å². The van der Waals surface area contributed by atoms with E-state index in [4.69, 9.17) is 10.2 Å². The van der Waals surface area contributed by atoms with Gasteiger partial charge in [0.2, 0.25) is 5.91 Å². The van der Waals surface area contributed by atoms with Crippen LogP contribution in [0.5, 0.6) is 0 Å². The highest BCUT2D eigenvalue weighted by Gasteiger charge is 2.35. The zero-order valence-electron chi connectivity index (χ0n) is 14.1. The Morgan fingerprint density at radius 2 is 2.33 bits per heavy atom. The Labute approximate surface area is 146 Å². The summed E-state index contributed by atoms with van der Waals surface area (Å²) in [7, 11) is 0. The molecule has 1 aromatic heterocycles. The van der Waals surface area contributed by atoms with Gasteiger partial charge in [0.15, 0.2) is 0 Å². The lowest BCUT2D eigenvalue weighted by Gasteiger charge is -2.27. The number of carbonyl (C=O) groups is 1. The van der Waals surface area contributed by atoms with Crippen molar-refractivity contribution in [1.29, 1.82) is 0 Å². The Morgan fingerprint density at radius 3 is 3.08 bits per heavy atom. The maximum Gasteiger partial charge on any atom is 0.227 e. The molecule has 0 aliphatic carbocycles. The highest BCUT2D eigenvalue weighted by atomic mass is 32.1. The van der Waals surface area contributed by atoms with Crippen LogP contribution in [0.3, 0.4) is 0 Å². The number of aromatic nitrogens is 1. The Balaban J connectivity index is 1.79. The number of rotatable bonds is 7. The quantitative estimate of drug-likeness (QED) is 0.749. The average Bonchev–Trinajstić information content (AvgIpc) is 3.23. The molecule has 1 aliphatic rings. The van der Waals surface area contributed by atoms with Crippen LogP contribution >= 0.6 is 11.3 Å². The fraction of sp³-hybridized carbons (Fsp3) is 0.556. The first kappa shape index (κ1) is 17.3. The van der Waals surface area contributed by atoms with E-state index in [0.29, 0.717) is 6.54 Å². The largest absolute Gasteiger partial charge is 0.333 e. The molecule has 130 valence electrons. The number of likely N-dealkylation sites (tertiary alicyclic amines) is 1. The SMILES string of the molecule is CCCC[C@H](CNO)C(=O)N1CCC[C@H]1c1nc2ccccc2s1. The molecule has 2 heterocycles. The van der Waals surface area contributed by atoms with E-state index in [2.05, 4.69) is 18.5 Å². The van der Waals surface area contributed by atoms with Gasteiger partial charge in [-0.25, -0.2) is 10.5 Å². The van der Waals surface area contributed by atoms with Crippen LogP contribution in [0.2, 0.25) is 0 Å². The van der Waals surface area contributed by atoms with Crippen molar-refractivity contribution in [3.8, 4) is 0 Å². The molecule has 5 nitrogen and oxygen atoms in total. The Morgan fingerprint density at radius 1 is 1.50 bits per heavy atom. The van der Waals surface area contributed by atoms with Crippen molar-refractivity contribution in [2.75, 3.05) is 13.1 Å². The maximum absolute atomic E-state index is 13.0. The summed E-state index contributed by atoms with van der Waals surface area (Å²) in [5.74, 6) is -0.0170. The van der Waals surface area contributed by atoms with Crippen molar-refractivity contribution < 1.29 is 10.0 Å². The van der Waals surface area contributed by atoms with Crippen molar-refractivity contribution in [3.63, 3.8) is 0 Å². The lowest BCUT2D eigenvalue weighted by molar-refractivity contribution is -0.137. The van der Waals surface area contributed by atoms with Crippen LogP contribution in [0.1, 0.15) is 50.1 Å². The number of carbonyl (C=O) groups excluding carboxylic acids is 1. The molecule has 0 radical (unpaired) electrons. The third-order valence-electron chi connectivity index (χ3n) is 4.72. The van der Waals surface area contributed by atoms with E-state index in [1.54, 1.807) is 11.3 Å². The van der Waals surface area contributed by atoms with Crippen LogP contribution in [0.15, 0.2) is 24.3 Å². The summed E-state index contributed by atoms with van der Waals surface area (Å²) in [6, 6.07) is 8.21. The van der Waals surface area contributed by atoms with Gasteiger partial charge < -0.3 is 10.1 Å². The number of nitrogens with one attached hydrogen (secondary N) is 1. The molecule has 1 amide bonds. The Bertz CT molecular complexity index is 655. The van der Waals surface area contributed by atoms with Crippen molar-refractivity contribution in [2.45, 2.75) is 45.1 Å². The third kappa shape index (κ3) is 3.61. The molecule has 0 saturated carbocycles. The van der Waals surface area contributed by atoms with Gasteiger partial charge in [0.1, 0.15) is 5.01 Å². The highest BCUT2D eigenvalue weighted by molar-refractivity contribution is 7.18. The zero-order chi connectivity index (χ0) is 16.9. The normalized spacial score (nSPS) is 19.1. The van der Waals surface area contributed by atoms with Gasteiger partial charge in [-0.15, -0.1) is 11.3 Å². The number of hydrogen-bond donors (Lipinski definition) is 2. The van der Waals surface area contributed by atoms with E-state index >= 15 is 0 Å². The molecule has 2 atom stereocenters. The number of hydrogen-bond acceptors (Lipinski definition) is 5. The summed E-state index contributed by atoms with van der Waals surface area (Å²) >= 11 is 1.69. The minimum absolute atomic E-state index is 0.0812. The van der Waals surface area contributed by atoms with E-state index in [1.165, 1.54) is 4.70 Å². The van der Waals surface area contributed by atoms with E-state index < -0.39 is 0 Å². The number of unbranched alkanes of at least 4 members (excludes halogenated alkanes) is 1. The minimum atomic E-state index is -0.162. The van der Waals surface area contributed by atoms with Crippen LogP contribution in [0, 0.1) is 5.92 Å². The number of amides is 1. The maximum atomic E-state index is 13.0. The summed E-state index contributed by atoms with van der Waals surface area (Å²) in [5.41, 5.74) is 3.21. The molecule has 0 bridgehead atoms. The van der Waals surface area contributed by atoms with Gasteiger partial charge in [-0.2, -0.15) is 0 Å². The molecule has 2 N–H and O–H groups in total. The van der Waals surface area contributed by atoms with E-state index in [-0.39, 0.29) is 17.9 Å². The molecule has 3 rings (SSSR count). The first-order chi connectivity index (χ1) is 11.7. The van der Waals surface area contributed by atoms with Gasteiger partial charge in [-0.1, -0.05) is 31.9 Å². The second kappa shape index (κ2) is 8.05. The molecule has 1 saturated heterocycles. The number of hydroxylamine groups is 1. The van der Waals surface area contributed by atoms with Crippen LogP contribution < -0.4 is 5.48 Å². The fourth-order valence-corrected chi connectivity index (χ4v) is 4.54. The molecule has 1 fully saturated rings. The summed E-state index contributed by atoms with van der Waals surface area (Å²) in [6.45, 7) is 3.23. The molecule has 1 aliphatic heterocycles. The summed E-state index contributed by atoms with van der Waals surface area (Å²) < 4.78 is 1.17. The number of para-hydroxylation sites is 1. The molecule has 24 heavy (non-hydrogen) atoms. The van der Waals surface area contributed by atoms with Crippen LogP contribution in [0.4, 0.5) is 0 Å². The number of thiazole rings is 1. The van der Waals surface area contributed by atoms with Crippen molar-refractivity contribution >= 4 is 27.5 Å². The van der Waals surface area contributed by atoms with Gasteiger partial charge in [0.05, 0.1) is 22.2 Å². The van der Waals surface area contributed by atoms with Crippen LogP contribution in [-0.4, -0.2) is 34.1 Å². The van der Waals surface area contributed by atoms with Gasteiger partial charge in [0.25, 0.3) is 0 Å². The summed E-state index contributed by atoms with van der Waals surface area (Å²) in [4.78, 5) is 19.7. The topological polar surface area (TPSA) is 65.5 Å². The second-order valence-electron chi connectivity index (χ2n) is 6.41. The fourth-order valence-electron chi connectivity index (χ4n) is 3.43. The van der Waals surface area contributed by atoms with E-state index in [1.807, 2.05) is 23.1 Å². The number of benzene rings is 1.